The highest BCUT2D eigenvalue weighted by atomic mass is 32.2. The van der Waals surface area contributed by atoms with Gasteiger partial charge in [0, 0.05) is 17.9 Å². The Hall–Kier alpha value is -1.62. The van der Waals surface area contributed by atoms with Crippen molar-refractivity contribution < 1.29 is 17.9 Å². The Morgan fingerprint density at radius 2 is 1.65 bits per heavy atom. The molecular weight excluding hydrogens is 276 g/mol. The predicted molar refractivity (Wildman–Crippen MR) is 76.9 cm³/mol. The summed E-state index contributed by atoms with van der Waals surface area (Å²) >= 11 is 0. The molecule has 0 N–H and O–H groups in total. The molecule has 0 amide bonds. The van der Waals surface area contributed by atoms with Crippen LogP contribution in [-0.4, -0.2) is 26.1 Å². The van der Waals surface area contributed by atoms with Gasteiger partial charge in [0.15, 0.2) is 15.4 Å². The number of hydrogen-bond donors (Lipinski definition) is 0. The summed E-state index contributed by atoms with van der Waals surface area (Å²) in [6, 6.07) is 6.38. The maximum atomic E-state index is 12.1. The van der Waals surface area contributed by atoms with Crippen LogP contribution in [0.15, 0.2) is 35.2 Å². The Kier molecular flexibility index (Phi) is 3.73. The Bertz CT molecular complexity index is 650. The van der Waals surface area contributed by atoms with Crippen LogP contribution in [0, 0.1) is 0 Å². The van der Waals surface area contributed by atoms with Gasteiger partial charge in [0.25, 0.3) is 0 Å². The van der Waals surface area contributed by atoms with Crippen molar-refractivity contribution in [3.05, 3.63) is 35.9 Å². The van der Waals surface area contributed by atoms with Gasteiger partial charge in [0.05, 0.1) is 4.90 Å². The first-order valence-electron chi connectivity index (χ1n) is 6.58. The van der Waals surface area contributed by atoms with E-state index in [2.05, 4.69) is 0 Å². The Labute approximate surface area is 119 Å². The summed E-state index contributed by atoms with van der Waals surface area (Å²) in [7, 11) is -3.21. The second-order valence-corrected chi connectivity index (χ2v) is 6.99. The molecule has 5 heteroatoms. The van der Waals surface area contributed by atoms with Crippen molar-refractivity contribution in [1.82, 2.24) is 0 Å². The quantitative estimate of drug-likeness (QED) is 0.856. The molecule has 0 saturated carbocycles. The third-order valence-corrected chi connectivity index (χ3v) is 4.85. The van der Waals surface area contributed by atoms with Crippen molar-refractivity contribution in [2.75, 3.05) is 6.26 Å². The molecule has 0 saturated heterocycles. The minimum absolute atomic E-state index is 0.0234. The van der Waals surface area contributed by atoms with E-state index in [1.165, 1.54) is 18.2 Å². The van der Waals surface area contributed by atoms with Crippen LogP contribution in [0.2, 0.25) is 0 Å². The summed E-state index contributed by atoms with van der Waals surface area (Å²) in [5.41, 5.74) is -0.0419. The van der Waals surface area contributed by atoms with Gasteiger partial charge in [-0.25, -0.2) is 8.42 Å². The molecule has 20 heavy (non-hydrogen) atoms. The molecule has 1 heterocycles. The van der Waals surface area contributed by atoms with Gasteiger partial charge in [-0.15, -0.1) is 0 Å². The van der Waals surface area contributed by atoms with E-state index in [4.69, 9.17) is 4.74 Å². The lowest BCUT2D eigenvalue weighted by Gasteiger charge is -2.25. The zero-order valence-electron chi connectivity index (χ0n) is 11.8. The molecule has 1 aromatic rings. The topological polar surface area (TPSA) is 60.4 Å². The van der Waals surface area contributed by atoms with E-state index >= 15 is 0 Å². The second-order valence-electron chi connectivity index (χ2n) is 4.97. The SMILES string of the molecule is CCC1(CC)OC(c2ccc(S(C)(=O)=O)cc2)=CC1=O. The van der Waals surface area contributed by atoms with Gasteiger partial charge in [-0.05, 0) is 37.1 Å². The highest BCUT2D eigenvalue weighted by Gasteiger charge is 2.41. The molecule has 0 bridgehead atoms. The number of sulfone groups is 1. The fraction of sp³-hybridized carbons (Fsp3) is 0.400. The van der Waals surface area contributed by atoms with Crippen molar-refractivity contribution in [2.45, 2.75) is 37.2 Å². The van der Waals surface area contributed by atoms with Crippen LogP contribution < -0.4 is 0 Å². The fourth-order valence-electron chi connectivity index (χ4n) is 2.29. The minimum Gasteiger partial charge on any atom is -0.478 e. The summed E-state index contributed by atoms with van der Waals surface area (Å²) < 4.78 is 28.7. The number of rotatable bonds is 4. The maximum Gasteiger partial charge on any atom is 0.202 e. The summed E-state index contributed by atoms with van der Waals surface area (Å²) in [5, 5.41) is 0. The average Bonchev–Trinajstić information content (AvgIpc) is 2.75. The molecule has 0 unspecified atom stereocenters. The molecule has 4 nitrogen and oxygen atoms in total. The molecule has 1 aromatic carbocycles. The van der Waals surface area contributed by atoms with Crippen molar-refractivity contribution in [3.63, 3.8) is 0 Å². The first kappa shape index (κ1) is 14.8. The van der Waals surface area contributed by atoms with Gasteiger partial charge in [-0.1, -0.05) is 13.8 Å². The van der Waals surface area contributed by atoms with E-state index in [1.54, 1.807) is 12.1 Å². The smallest absolute Gasteiger partial charge is 0.202 e. The highest BCUT2D eigenvalue weighted by molar-refractivity contribution is 7.90. The summed E-state index contributed by atoms with van der Waals surface area (Å²) in [6.07, 6.45) is 3.89. The number of ketones is 1. The molecule has 0 aliphatic carbocycles. The summed E-state index contributed by atoms with van der Waals surface area (Å²) in [5.74, 6) is 0.489. The molecule has 0 spiro atoms. The van der Waals surface area contributed by atoms with Gasteiger partial charge >= 0.3 is 0 Å². The summed E-state index contributed by atoms with van der Waals surface area (Å²) in [6.45, 7) is 3.84. The van der Waals surface area contributed by atoms with E-state index in [-0.39, 0.29) is 10.7 Å². The van der Waals surface area contributed by atoms with Crippen LogP contribution in [0.5, 0.6) is 0 Å². The predicted octanol–water partition coefficient (Wildman–Crippen LogP) is 2.59. The van der Waals surface area contributed by atoms with E-state index < -0.39 is 15.4 Å². The van der Waals surface area contributed by atoms with Crippen molar-refractivity contribution in [1.29, 1.82) is 0 Å². The van der Waals surface area contributed by atoms with Crippen LogP contribution in [0.4, 0.5) is 0 Å². The largest absolute Gasteiger partial charge is 0.478 e. The third-order valence-electron chi connectivity index (χ3n) is 3.73. The lowest BCUT2D eigenvalue weighted by Crippen LogP contribution is -2.34. The number of carbonyl (C=O) groups excluding carboxylic acids is 1. The number of hydrogen-bond acceptors (Lipinski definition) is 4. The van der Waals surface area contributed by atoms with Crippen molar-refractivity contribution in [2.24, 2.45) is 0 Å². The van der Waals surface area contributed by atoms with Crippen LogP contribution in [0.1, 0.15) is 32.3 Å². The molecule has 1 aliphatic rings. The maximum absolute atomic E-state index is 12.1. The first-order valence-corrected chi connectivity index (χ1v) is 8.47. The lowest BCUT2D eigenvalue weighted by molar-refractivity contribution is -0.129. The van der Waals surface area contributed by atoms with Crippen LogP contribution >= 0.6 is 0 Å². The van der Waals surface area contributed by atoms with Gasteiger partial charge in [-0.3, -0.25) is 4.79 Å². The molecule has 1 aliphatic heterocycles. The third kappa shape index (κ3) is 2.50. The Morgan fingerprint density at radius 3 is 2.05 bits per heavy atom. The van der Waals surface area contributed by atoms with Crippen molar-refractivity contribution in [3.8, 4) is 0 Å². The standard InChI is InChI=1S/C15H18O4S/c1-4-15(5-2)14(16)10-13(19-15)11-6-8-12(9-7-11)20(3,17)18/h6-10H,4-5H2,1-3H3. The van der Waals surface area contributed by atoms with E-state index in [1.807, 2.05) is 13.8 Å². The Balaban J connectivity index is 2.31. The number of carbonyl (C=O) groups is 1. The molecule has 0 atom stereocenters. The van der Waals surface area contributed by atoms with E-state index in [0.717, 1.165) is 11.8 Å². The molecule has 2 rings (SSSR count). The monoisotopic (exact) mass is 294 g/mol. The highest BCUT2D eigenvalue weighted by Crippen LogP contribution is 2.36. The van der Waals surface area contributed by atoms with E-state index in [9.17, 15) is 13.2 Å². The van der Waals surface area contributed by atoms with Crippen LogP contribution in [-0.2, 0) is 19.4 Å². The number of ether oxygens (including phenoxy) is 1. The minimum atomic E-state index is -3.21. The first-order chi connectivity index (χ1) is 9.32. The summed E-state index contributed by atoms with van der Waals surface area (Å²) in [4.78, 5) is 12.3. The lowest BCUT2D eigenvalue weighted by atomic mass is 9.93. The second kappa shape index (κ2) is 5.05. The Morgan fingerprint density at radius 1 is 1.10 bits per heavy atom. The zero-order valence-corrected chi connectivity index (χ0v) is 12.7. The molecule has 0 aromatic heterocycles. The van der Waals surface area contributed by atoms with Crippen LogP contribution in [0.3, 0.4) is 0 Å². The van der Waals surface area contributed by atoms with E-state index in [0.29, 0.717) is 18.6 Å². The van der Waals surface area contributed by atoms with Gasteiger partial charge in [0.1, 0.15) is 5.76 Å². The fourth-order valence-corrected chi connectivity index (χ4v) is 2.92. The van der Waals surface area contributed by atoms with Gasteiger partial charge in [-0.2, -0.15) is 0 Å². The zero-order chi connectivity index (χ0) is 15.0. The molecule has 0 fully saturated rings. The molecule has 0 radical (unpaired) electrons. The van der Waals surface area contributed by atoms with Crippen LogP contribution in [0.25, 0.3) is 5.76 Å². The molecule has 108 valence electrons. The van der Waals surface area contributed by atoms with Crippen molar-refractivity contribution >= 4 is 21.4 Å². The normalized spacial score (nSPS) is 17.8. The average molecular weight is 294 g/mol. The molecular formula is C15H18O4S. The number of benzene rings is 1. The van der Waals surface area contributed by atoms with Gasteiger partial charge in [0.2, 0.25) is 5.78 Å². The van der Waals surface area contributed by atoms with Gasteiger partial charge < -0.3 is 4.74 Å².